The summed E-state index contributed by atoms with van der Waals surface area (Å²) in [5.74, 6) is 0. The molecular formula is C12H18N2S. The SMILES string of the molecule is CCCN(C)c1ccc(C)cc1C(N)=S. The largest absolute Gasteiger partial charge is 0.389 e. The van der Waals surface area contributed by atoms with Crippen molar-refractivity contribution in [1.29, 1.82) is 0 Å². The van der Waals surface area contributed by atoms with Crippen LogP contribution in [0.25, 0.3) is 0 Å². The smallest absolute Gasteiger partial charge is 0.106 e. The lowest BCUT2D eigenvalue weighted by molar-refractivity contribution is 0.851. The topological polar surface area (TPSA) is 29.3 Å². The molecule has 0 saturated carbocycles. The fourth-order valence-electron chi connectivity index (χ4n) is 1.64. The van der Waals surface area contributed by atoms with E-state index in [1.807, 2.05) is 13.0 Å². The van der Waals surface area contributed by atoms with E-state index in [9.17, 15) is 0 Å². The molecule has 0 unspecified atom stereocenters. The number of hydrogen-bond acceptors (Lipinski definition) is 2. The maximum absolute atomic E-state index is 5.72. The van der Waals surface area contributed by atoms with E-state index in [0.29, 0.717) is 4.99 Å². The van der Waals surface area contributed by atoms with Gasteiger partial charge in [-0.3, -0.25) is 0 Å². The second kappa shape index (κ2) is 5.12. The van der Waals surface area contributed by atoms with Gasteiger partial charge in [0.05, 0.1) is 0 Å². The number of anilines is 1. The fourth-order valence-corrected chi connectivity index (χ4v) is 1.80. The van der Waals surface area contributed by atoms with Gasteiger partial charge in [0.15, 0.2) is 0 Å². The molecule has 0 radical (unpaired) electrons. The molecule has 1 aromatic rings. The Bertz CT molecular complexity index is 361. The summed E-state index contributed by atoms with van der Waals surface area (Å²) >= 11 is 5.06. The number of nitrogens with zero attached hydrogens (tertiary/aromatic N) is 1. The van der Waals surface area contributed by atoms with E-state index in [2.05, 4.69) is 31.0 Å². The Balaban J connectivity index is 3.10. The molecule has 1 aromatic carbocycles. The normalized spacial score (nSPS) is 10.1. The Morgan fingerprint density at radius 3 is 2.67 bits per heavy atom. The van der Waals surface area contributed by atoms with Crippen molar-refractivity contribution in [2.24, 2.45) is 5.73 Å². The molecule has 0 saturated heterocycles. The van der Waals surface area contributed by atoms with Crippen LogP contribution in [0.5, 0.6) is 0 Å². The fraction of sp³-hybridized carbons (Fsp3) is 0.417. The van der Waals surface area contributed by atoms with E-state index < -0.39 is 0 Å². The van der Waals surface area contributed by atoms with Crippen molar-refractivity contribution in [3.8, 4) is 0 Å². The summed E-state index contributed by atoms with van der Waals surface area (Å²) in [6.45, 7) is 5.22. The van der Waals surface area contributed by atoms with E-state index in [-0.39, 0.29) is 0 Å². The molecule has 0 spiro atoms. The molecule has 15 heavy (non-hydrogen) atoms. The monoisotopic (exact) mass is 222 g/mol. The molecule has 0 fully saturated rings. The summed E-state index contributed by atoms with van der Waals surface area (Å²) in [4.78, 5) is 2.66. The van der Waals surface area contributed by atoms with Gasteiger partial charge in [0.2, 0.25) is 0 Å². The van der Waals surface area contributed by atoms with Crippen LogP contribution in [0.4, 0.5) is 5.69 Å². The van der Waals surface area contributed by atoms with Crippen LogP contribution in [0.2, 0.25) is 0 Å². The van der Waals surface area contributed by atoms with Crippen molar-refractivity contribution in [2.75, 3.05) is 18.5 Å². The second-order valence-electron chi connectivity index (χ2n) is 3.81. The lowest BCUT2D eigenvalue weighted by Crippen LogP contribution is -2.22. The zero-order chi connectivity index (χ0) is 11.4. The Kier molecular flexibility index (Phi) is 4.09. The van der Waals surface area contributed by atoms with Gasteiger partial charge >= 0.3 is 0 Å². The van der Waals surface area contributed by atoms with E-state index in [0.717, 1.165) is 24.2 Å². The Morgan fingerprint density at radius 1 is 1.47 bits per heavy atom. The van der Waals surface area contributed by atoms with Crippen molar-refractivity contribution < 1.29 is 0 Å². The first kappa shape index (κ1) is 12.0. The Hall–Kier alpha value is -1.09. The number of rotatable bonds is 4. The van der Waals surface area contributed by atoms with Crippen molar-refractivity contribution in [1.82, 2.24) is 0 Å². The first-order chi connectivity index (χ1) is 7.06. The molecule has 0 atom stereocenters. The molecule has 0 aliphatic heterocycles. The molecule has 0 aromatic heterocycles. The maximum Gasteiger partial charge on any atom is 0.106 e. The summed E-state index contributed by atoms with van der Waals surface area (Å²) in [6.07, 6.45) is 1.11. The molecule has 0 heterocycles. The van der Waals surface area contributed by atoms with Crippen LogP contribution in [0.3, 0.4) is 0 Å². The third-order valence-corrected chi connectivity index (χ3v) is 2.61. The molecule has 0 bridgehead atoms. The van der Waals surface area contributed by atoms with Crippen LogP contribution < -0.4 is 10.6 Å². The molecule has 2 N–H and O–H groups in total. The molecule has 0 aliphatic rings. The van der Waals surface area contributed by atoms with Crippen molar-refractivity contribution in [3.05, 3.63) is 29.3 Å². The predicted octanol–water partition coefficient (Wildman–Crippen LogP) is 2.48. The predicted molar refractivity (Wildman–Crippen MR) is 70.6 cm³/mol. The lowest BCUT2D eigenvalue weighted by Gasteiger charge is -2.21. The van der Waals surface area contributed by atoms with Crippen molar-refractivity contribution in [2.45, 2.75) is 20.3 Å². The number of nitrogens with two attached hydrogens (primary N) is 1. The summed E-state index contributed by atoms with van der Waals surface area (Å²) in [5, 5.41) is 0. The van der Waals surface area contributed by atoms with E-state index in [1.165, 1.54) is 5.56 Å². The standard InChI is InChI=1S/C12H18N2S/c1-4-7-14(3)11-6-5-9(2)8-10(11)12(13)15/h5-6,8H,4,7H2,1-3H3,(H2,13,15). The average Bonchev–Trinajstić information content (AvgIpc) is 2.17. The summed E-state index contributed by atoms with van der Waals surface area (Å²) < 4.78 is 0. The number of benzene rings is 1. The first-order valence-corrected chi connectivity index (χ1v) is 5.58. The van der Waals surface area contributed by atoms with Gasteiger partial charge in [0.1, 0.15) is 4.99 Å². The Morgan fingerprint density at radius 2 is 2.13 bits per heavy atom. The van der Waals surface area contributed by atoms with Gasteiger partial charge in [-0.25, -0.2) is 0 Å². The van der Waals surface area contributed by atoms with Crippen LogP contribution in [0.15, 0.2) is 18.2 Å². The highest BCUT2D eigenvalue weighted by molar-refractivity contribution is 7.80. The zero-order valence-corrected chi connectivity index (χ0v) is 10.4. The van der Waals surface area contributed by atoms with E-state index in [4.69, 9.17) is 18.0 Å². The molecular weight excluding hydrogens is 204 g/mol. The molecule has 2 nitrogen and oxygen atoms in total. The lowest BCUT2D eigenvalue weighted by atomic mass is 10.1. The molecule has 82 valence electrons. The number of aryl methyl sites for hydroxylation is 1. The Labute approximate surface area is 97.1 Å². The van der Waals surface area contributed by atoms with Gasteiger partial charge in [-0.05, 0) is 25.5 Å². The minimum Gasteiger partial charge on any atom is -0.389 e. The number of thiocarbonyl (C=S) groups is 1. The van der Waals surface area contributed by atoms with Crippen LogP contribution >= 0.6 is 12.2 Å². The summed E-state index contributed by atoms with van der Waals surface area (Å²) in [5.41, 5.74) is 9.00. The summed E-state index contributed by atoms with van der Waals surface area (Å²) in [6, 6.07) is 6.21. The second-order valence-corrected chi connectivity index (χ2v) is 4.25. The van der Waals surface area contributed by atoms with Crippen LogP contribution in [0.1, 0.15) is 24.5 Å². The van der Waals surface area contributed by atoms with Gasteiger partial charge in [-0.2, -0.15) is 0 Å². The van der Waals surface area contributed by atoms with E-state index in [1.54, 1.807) is 0 Å². The van der Waals surface area contributed by atoms with Crippen molar-refractivity contribution in [3.63, 3.8) is 0 Å². The summed E-state index contributed by atoms with van der Waals surface area (Å²) in [7, 11) is 2.07. The number of hydrogen-bond donors (Lipinski definition) is 1. The molecule has 0 aliphatic carbocycles. The first-order valence-electron chi connectivity index (χ1n) is 5.17. The van der Waals surface area contributed by atoms with Gasteiger partial charge in [-0.15, -0.1) is 0 Å². The molecule has 0 amide bonds. The highest BCUT2D eigenvalue weighted by Crippen LogP contribution is 2.21. The van der Waals surface area contributed by atoms with Crippen LogP contribution in [0, 0.1) is 6.92 Å². The van der Waals surface area contributed by atoms with Gasteiger partial charge in [0, 0.05) is 24.8 Å². The highest BCUT2D eigenvalue weighted by Gasteiger charge is 2.08. The zero-order valence-electron chi connectivity index (χ0n) is 9.58. The minimum absolute atomic E-state index is 0.469. The van der Waals surface area contributed by atoms with Gasteiger partial charge in [0.25, 0.3) is 0 Å². The maximum atomic E-state index is 5.72. The highest BCUT2D eigenvalue weighted by atomic mass is 32.1. The molecule has 1 rings (SSSR count). The van der Waals surface area contributed by atoms with Crippen LogP contribution in [-0.2, 0) is 0 Å². The van der Waals surface area contributed by atoms with Gasteiger partial charge in [-0.1, -0.05) is 30.8 Å². The van der Waals surface area contributed by atoms with Crippen LogP contribution in [-0.4, -0.2) is 18.6 Å². The van der Waals surface area contributed by atoms with Crippen molar-refractivity contribution >= 4 is 22.9 Å². The third kappa shape index (κ3) is 2.93. The quantitative estimate of drug-likeness (QED) is 0.794. The van der Waals surface area contributed by atoms with Gasteiger partial charge < -0.3 is 10.6 Å². The minimum atomic E-state index is 0.469. The third-order valence-electron chi connectivity index (χ3n) is 2.39. The van der Waals surface area contributed by atoms with E-state index >= 15 is 0 Å². The molecule has 3 heteroatoms. The average molecular weight is 222 g/mol.